The number of ether oxygens (including phenoxy) is 2. The van der Waals surface area contributed by atoms with E-state index in [1.807, 2.05) is 85.8 Å². The number of carbonyl (C=O) groups is 2. The van der Waals surface area contributed by atoms with Gasteiger partial charge in [-0.1, -0.05) is 67.6 Å². The van der Waals surface area contributed by atoms with Crippen molar-refractivity contribution in [3.63, 3.8) is 0 Å². The zero-order chi connectivity index (χ0) is 24.3. The Balaban J connectivity index is 1.87. The standard InChI is InChI=1S/C28H32N2O4/c1-4-27(31)30(20-22-14-16-24(33-2)17-15-22)25(18-21-10-6-5-7-11-21)28(32)29-19-23-12-8-9-13-26(23)34-3/h5-17,25H,4,18-20H2,1-3H3,(H,29,32)/t25-/m1/s1. The summed E-state index contributed by atoms with van der Waals surface area (Å²) in [5, 5.41) is 3.02. The number of hydrogen-bond acceptors (Lipinski definition) is 4. The molecule has 0 bridgehead atoms. The Morgan fingerprint density at radius 3 is 2.18 bits per heavy atom. The number of nitrogens with one attached hydrogen (secondary N) is 1. The lowest BCUT2D eigenvalue weighted by Gasteiger charge is -2.31. The Bertz CT molecular complexity index is 1070. The number of benzene rings is 3. The second-order valence-corrected chi connectivity index (χ2v) is 7.96. The van der Waals surface area contributed by atoms with Crippen LogP contribution in [0.3, 0.4) is 0 Å². The number of hydrogen-bond donors (Lipinski definition) is 1. The van der Waals surface area contributed by atoms with Gasteiger partial charge < -0.3 is 19.7 Å². The van der Waals surface area contributed by atoms with E-state index in [1.54, 1.807) is 19.1 Å². The summed E-state index contributed by atoms with van der Waals surface area (Å²) in [7, 11) is 3.22. The molecule has 178 valence electrons. The molecule has 0 aliphatic heterocycles. The minimum Gasteiger partial charge on any atom is -0.497 e. The van der Waals surface area contributed by atoms with E-state index in [1.165, 1.54) is 0 Å². The molecule has 34 heavy (non-hydrogen) atoms. The Labute approximate surface area is 201 Å². The van der Waals surface area contributed by atoms with Gasteiger partial charge in [0.05, 0.1) is 14.2 Å². The molecule has 0 fully saturated rings. The summed E-state index contributed by atoms with van der Waals surface area (Å²) in [4.78, 5) is 28.2. The summed E-state index contributed by atoms with van der Waals surface area (Å²) in [6.45, 7) is 2.46. The third kappa shape index (κ3) is 6.61. The molecule has 0 aromatic heterocycles. The van der Waals surface area contributed by atoms with Gasteiger partial charge in [0.25, 0.3) is 0 Å². The SMILES string of the molecule is CCC(=O)N(Cc1ccc(OC)cc1)[C@H](Cc1ccccc1)C(=O)NCc1ccccc1OC. The fraction of sp³-hybridized carbons (Fsp3) is 0.286. The quantitative estimate of drug-likeness (QED) is 0.461. The van der Waals surface area contributed by atoms with Crippen LogP contribution in [0.1, 0.15) is 30.0 Å². The molecular formula is C28H32N2O4. The number of para-hydroxylation sites is 1. The van der Waals surface area contributed by atoms with Crippen LogP contribution in [0.4, 0.5) is 0 Å². The normalized spacial score (nSPS) is 11.4. The third-order valence-electron chi connectivity index (χ3n) is 5.73. The molecule has 0 radical (unpaired) electrons. The molecular weight excluding hydrogens is 428 g/mol. The minimum atomic E-state index is -0.661. The van der Waals surface area contributed by atoms with Crippen molar-refractivity contribution in [1.82, 2.24) is 10.2 Å². The highest BCUT2D eigenvalue weighted by Crippen LogP contribution is 2.20. The average Bonchev–Trinajstić information content (AvgIpc) is 2.89. The van der Waals surface area contributed by atoms with Crippen molar-refractivity contribution in [2.45, 2.75) is 38.9 Å². The fourth-order valence-electron chi connectivity index (χ4n) is 3.83. The molecule has 0 aliphatic carbocycles. The zero-order valence-corrected chi connectivity index (χ0v) is 20.0. The van der Waals surface area contributed by atoms with Crippen LogP contribution in [-0.4, -0.2) is 37.0 Å². The summed E-state index contributed by atoms with van der Waals surface area (Å²) in [6, 6.07) is 24.2. The molecule has 1 atom stereocenters. The smallest absolute Gasteiger partial charge is 0.243 e. The van der Waals surface area contributed by atoms with Crippen LogP contribution in [0.5, 0.6) is 11.5 Å². The van der Waals surface area contributed by atoms with E-state index in [0.29, 0.717) is 31.7 Å². The van der Waals surface area contributed by atoms with Gasteiger partial charge in [-0.25, -0.2) is 0 Å². The number of rotatable bonds is 11. The first-order chi connectivity index (χ1) is 16.5. The average molecular weight is 461 g/mol. The van der Waals surface area contributed by atoms with Gasteiger partial charge in [0.1, 0.15) is 17.5 Å². The molecule has 1 N–H and O–H groups in total. The lowest BCUT2D eigenvalue weighted by Crippen LogP contribution is -2.50. The summed E-state index contributed by atoms with van der Waals surface area (Å²) in [5.41, 5.74) is 2.79. The highest BCUT2D eigenvalue weighted by atomic mass is 16.5. The van der Waals surface area contributed by atoms with Crippen LogP contribution >= 0.6 is 0 Å². The molecule has 3 rings (SSSR count). The molecule has 6 nitrogen and oxygen atoms in total. The van der Waals surface area contributed by atoms with Crippen LogP contribution in [-0.2, 0) is 29.1 Å². The van der Waals surface area contributed by atoms with E-state index in [2.05, 4.69) is 5.32 Å². The van der Waals surface area contributed by atoms with Crippen LogP contribution in [0, 0.1) is 0 Å². The molecule has 0 heterocycles. The predicted octanol–water partition coefficient (Wildman–Crippen LogP) is 4.37. The van der Waals surface area contributed by atoms with E-state index in [0.717, 1.165) is 22.4 Å². The molecule has 3 aromatic rings. The number of carbonyl (C=O) groups excluding carboxylic acids is 2. The molecule has 0 aliphatic rings. The van der Waals surface area contributed by atoms with Gasteiger partial charge in [0.15, 0.2) is 0 Å². The summed E-state index contributed by atoms with van der Waals surface area (Å²) >= 11 is 0. The van der Waals surface area contributed by atoms with E-state index >= 15 is 0 Å². The largest absolute Gasteiger partial charge is 0.497 e. The van der Waals surface area contributed by atoms with Crippen LogP contribution in [0.25, 0.3) is 0 Å². The molecule has 0 unspecified atom stereocenters. The van der Waals surface area contributed by atoms with Gasteiger partial charge in [-0.2, -0.15) is 0 Å². The Kier molecular flexibility index (Phi) is 9.09. The van der Waals surface area contributed by atoms with Crippen LogP contribution in [0.15, 0.2) is 78.9 Å². The molecule has 2 amide bonds. The van der Waals surface area contributed by atoms with E-state index in [4.69, 9.17) is 9.47 Å². The summed E-state index contributed by atoms with van der Waals surface area (Å²) < 4.78 is 10.7. The number of methoxy groups -OCH3 is 2. The van der Waals surface area contributed by atoms with Crippen molar-refractivity contribution < 1.29 is 19.1 Å². The van der Waals surface area contributed by atoms with Gasteiger partial charge in [0, 0.05) is 31.5 Å². The van der Waals surface area contributed by atoms with Crippen molar-refractivity contribution in [2.75, 3.05) is 14.2 Å². The molecule has 0 spiro atoms. The van der Waals surface area contributed by atoms with E-state index < -0.39 is 6.04 Å². The van der Waals surface area contributed by atoms with Crippen LogP contribution in [0.2, 0.25) is 0 Å². The monoisotopic (exact) mass is 460 g/mol. The van der Waals surface area contributed by atoms with Gasteiger partial charge in [-0.05, 0) is 29.3 Å². The van der Waals surface area contributed by atoms with Gasteiger partial charge in [0.2, 0.25) is 11.8 Å². The van der Waals surface area contributed by atoms with Crippen molar-refractivity contribution in [1.29, 1.82) is 0 Å². The van der Waals surface area contributed by atoms with Crippen molar-refractivity contribution in [3.05, 3.63) is 95.6 Å². The van der Waals surface area contributed by atoms with Crippen molar-refractivity contribution >= 4 is 11.8 Å². The maximum atomic E-state index is 13.5. The lowest BCUT2D eigenvalue weighted by molar-refractivity contribution is -0.141. The fourth-order valence-corrected chi connectivity index (χ4v) is 3.83. The molecule has 6 heteroatoms. The first-order valence-electron chi connectivity index (χ1n) is 11.4. The Hall–Kier alpha value is -3.80. The first-order valence-corrected chi connectivity index (χ1v) is 11.4. The van der Waals surface area contributed by atoms with Gasteiger partial charge in [-0.3, -0.25) is 9.59 Å². The predicted molar refractivity (Wildman–Crippen MR) is 133 cm³/mol. The topological polar surface area (TPSA) is 67.9 Å². The Morgan fingerprint density at radius 2 is 1.53 bits per heavy atom. The molecule has 0 saturated heterocycles. The maximum Gasteiger partial charge on any atom is 0.243 e. The summed E-state index contributed by atoms with van der Waals surface area (Å²) in [5.74, 6) is 1.17. The lowest BCUT2D eigenvalue weighted by atomic mass is 10.0. The van der Waals surface area contributed by atoms with Gasteiger partial charge in [-0.15, -0.1) is 0 Å². The summed E-state index contributed by atoms with van der Waals surface area (Å²) in [6.07, 6.45) is 0.724. The minimum absolute atomic E-state index is 0.0795. The van der Waals surface area contributed by atoms with Crippen molar-refractivity contribution in [2.24, 2.45) is 0 Å². The second kappa shape index (κ2) is 12.4. The van der Waals surface area contributed by atoms with Crippen LogP contribution < -0.4 is 14.8 Å². The Morgan fingerprint density at radius 1 is 0.853 bits per heavy atom. The van der Waals surface area contributed by atoms with Gasteiger partial charge >= 0.3 is 0 Å². The van der Waals surface area contributed by atoms with E-state index in [9.17, 15) is 9.59 Å². The number of nitrogens with zero attached hydrogens (tertiary/aromatic N) is 1. The molecule has 3 aromatic carbocycles. The second-order valence-electron chi connectivity index (χ2n) is 7.96. The zero-order valence-electron chi connectivity index (χ0n) is 20.0. The highest BCUT2D eigenvalue weighted by molar-refractivity contribution is 5.88. The van der Waals surface area contributed by atoms with Crippen molar-refractivity contribution in [3.8, 4) is 11.5 Å². The molecule has 0 saturated carbocycles. The highest BCUT2D eigenvalue weighted by Gasteiger charge is 2.29. The van der Waals surface area contributed by atoms with E-state index in [-0.39, 0.29) is 11.8 Å². The number of amides is 2. The maximum absolute atomic E-state index is 13.5. The third-order valence-corrected chi connectivity index (χ3v) is 5.73. The first kappa shape index (κ1) is 24.8.